The fourth-order valence-corrected chi connectivity index (χ4v) is 3.35. The van der Waals surface area contributed by atoms with Gasteiger partial charge in [-0.3, -0.25) is 4.79 Å². The Bertz CT molecular complexity index is 941. The average Bonchev–Trinajstić information content (AvgIpc) is 3.14. The topological polar surface area (TPSA) is 58.1 Å². The van der Waals surface area contributed by atoms with Crippen LogP contribution in [0.2, 0.25) is 5.02 Å². The van der Waals surface area contributed by atoms with Gasteiger partial charge in [-0.1, -0.05) is 41.9 Å². The summed E-state index contributed by atoms with van der Waals surface area (Å²) in [7, 11) is 0. The van der Waals surface area contributed by atoms with Crippen molar-refractivity contribution >= 4 is 29.0 Å². The van der Waals surface area contributed by atoms with Crippen LogP contribution in [0.3, 0.4) is 0 Å². The quantitative estimate of drug-likeness (QED) is 0.733. The molecule has 1 aliphatic rings. The second-order valence-corrected chi connectivity index (χ2v) is 6.88. The van der Waals surface area contributed by atoms with Crippen molar-refractivity contribution in [3.8, 4) is 0 Å². The number of fused-ring (bicyclic) bond motifs is 1. The van der Waals surface area contributed by atoms with Crippen LogP contribution < -0.4 is 10.2 Å². The Hall–Kier alpha value is -2.92. The second-order valence-electron chi connectivity index (χ2n) is 6.44. The highest BCUT2D eigenvalue weighted by molar-refractivity contribution is 6.30. The van der Waals surface area contributed by atoms with Gasteiger partial charge in [-0.2, -0.15) is 0 Å². The van der Waals surface area contributed by atoms with Gasteiger partial charge >= 0.3 is 0 Å². The lowest BCUT2D eigenvalue weighted by Crippen LogP contribution is -2.27. The highest BCUT2D eigenvalue weighted by Crippen LogP contribution is 2.32. The largest absolute Gasteiger partial charge is 0.350 e. The Balaban J connectivity index is 1.36. The smallest absolute Gasteiger partial charge is 0.271 e. The average molecular weight is 379 g/mol. The van der Waals surface area contributed by atoms with Crippen molar-refractivity contribution in [1.29, 1.82) is 0 Å². The summed E-state index contributed by atoms with van der Waals surface area (Å²) in [6.45, 7) is 1.41. The maximum absolute atomic E-state index is 12.3. The van der Waals surface area contributed by atoms with Crippen LogP contribution in [0.5, 0.6) is 0 Å². The maximum atomic E-state index is 12.3. The first-order valence-corrected chi connectivity index (χ1v) is 9.30. The first kappa shape index (κ1) is 17.5. The molecule has 0 saturated carbocycles. The molecule has 1 amide bonds. The van der Waals surface area contributed by atoms with Crippen LogP contribution in [-0.4, -0.2) is 29.2 Å². The first-order chi connectivity index (χ1) is 13.2. The molecule has 1 N–H and O–H groups in total. The van der Waals surface area contributed by atoms with E-state index in [9.17, 15) is 4.79 Å². The number of nitrogens with zero attached hydrogens (tertiary/aromatic N) is 3. The van der Waals surface area contributed by atoms with Crippen LogP contribution in [-0.2, 0) is 12.8 Å². The number of aromatic nitrogens is 2. The number of nitrogens with one attached hydrogen (secondary N) is 1. The zero-order valence-electron chi connectivity index (χ0n) is 14.7. The minimum absolute atomic E-state index is 0.218. The van der Waals surface area contributed by atoms with E-state index in [0.717, 1.165) is 36.5 Å². The van der Waals surface area contributed by atoms with Crippen molar-refractivity contribution in [1.82, 2.24) is 15.5 Å². The van der Waals surface area contributed by atoms with Gasteiger partial charge in [0.1, 0.15) is 0 Å². The lowest BCUT2D eigenvalue weighted by Gasteiger charge is -2.17. The van der Waals surface area contributed by atoms with Crippen LogP contribution >= 0.6 is 11.6 Å². The summed E-state index contributed by atoms with van der Waals surface area (Å²) in [5.41, 5.74) is 3.91. The van der Waals surface area contributed by atoms with E-state index in [1.807, 2.05) is 42.5 Å². The molecule has 4 rings (SSSR count). The Morgan fingerprint density at radius 3 is 2.63 bits per heavy atom. The Morgan fingerprint density at radius 1 is 1.04 bits per heavy atom. The summed E-state index contributed by atoms with van der Waals surface area (Å²) in [6, 6.07) is 19.5. The summed E-state index contributed by atoms with van der Waals surface area (Å²) in [4.78, 5) is 14.4. The third-order valence-corrected chi connectivity index (χ3v) is 4.91. The number of hydrogen-bond acceptors (Lipinski definition) is 4. The zero-order valence-corrected chi connectivity index (χ0v) is 15.5. The number of amides is 1. The number of para-hydroxylation sites is 1. The lowest BCUT2D eigenvalue weighted by atomic mass is 10.1. The SMILES string of the molecule is O=C(NCCc1ccc(Cl)cc1)c1ccc(N2CCc3ccccc32)nn1. The summed E-state index contributed by atoms with van der Waals surface area (Å²) < 4.78 is 0. The molecule has 5 nitrogen and oxygen atoms in total. The fraction of sp³-hybridized carbons (Fsp3) is 0.190. The molecule has 1 aliphatic heterocycles. The standard InChI is InChI=1S/C21H19ClN4O/c22-17-7-5-15(6-8-17)11-13-23-21(27)18-9-10-20(25-24-18)26-14-12-16-3-1-2-4-19(16)26/h1-10H,11-14H2,(H,23,27). The summed E-state index contributed by atoms with van der Waals surface area (Å²) in [5, 5.41) is 12.0. The minimum atomic E-state index is -0.218. The van der Waals surface area contributed by atoms with Crippen LogP contribution in [0.25, 0.3) is 0 Å². The first-order valence-electron chi connectivity index (χ1n) is 8.92. The van der Waals surface area contributed by atoms with E-state index in [4.69, 9.17) is 11.6 Å². The molecule has 0 bridgehead atoms. The predicted molar refractivity (Wildman–Crippen MR) is 107 cm³/mol. The van der Waals surface area contributed by atoms with Gasteiger partial charge in [-0.05, 0) is 54.3 Å². The summed E-state index contributed by atoms with van der Waals surface area (Å²) >= 11 is 5.88. The molecule has 2 heterocycles. The van der Waals surface area contributed by atoms with Gasteiger partial charge in [0.15, 0.2) is 11.5 Å². The van der Waals surface area contributed by atoms with E-state index in [-0.39, 0.29) is 5.91 Å². The molecule has 0 spiro atoms. The monoisotopic (exact) mass is 378 g/mol. The molecular formula is C21H19ClN4O. The maximum Gasteiger partial charge on any atom is 0.271 e. The molecule has 0 unspecified atom stereocenters. The molecule has 0 aliphatic carbocycles. The van der Waals surface area contributed by atoms with Crippen molar-refractivity contribution in [2.45, 2.75) is 12.8 Å². The summed E-state index contributed by atoms with van der Waals surface area (Å²) in [6.07, 6.45) is 1.73. The lowest BCUT2D eigenvalue weighted by molar-refractivity contribution is 0.0948. The highest BCUT2D eigenvalue weighted by Gasteiger charge is 2.21. The fourth-order valence-electron chi connectivity index (χ4n) is 3.23. The molecule has 0 fully saturated rings. The van der Waals surface area contributed by atoms with Crippen molar-refractivity contribution in [2.75, 3.05) is 18.0 Å². The Morgan fingerprint density at radius 2 is 1.85 bits per heavy atom. The third-order valence-electron chi connectivity index (χ3n) is 4.66. The van der Waals surface area contributed by atoms with E-state index in [0.29, 0.717) is 17.3 Å². The molecular weight excluding hydrogens is 360 g/mol. The molecule has 136 valence electrons. The van der Waals surface area contributed by atoms with E-state index >= 15 is 0 Å². The number of rotatable bonds is 5. The predicted octanol–water partition coefficient (Wildman–Crippen LogP) is 3.80. The van der Waals surface area contributed by atoms with Crippen LogP contribution in [0, 0.1) is 0 Å². The Kier molecular flexibility index (Phi) is 5.03. The van der Waals surface area contributed by atoms with Gasteiger partial charge in [0.05, 0.1) is 0 Å². The highest BCUT2D eigenvalue weighted by atomic mass is 35.5. The van der Waals surface area contributed by atoms with E-state index < -0.39 is 0 Å². The van der Waals surface area contributed by atoms with E-state index in [1.165, 1.54) is 5.56 Å². The van der Waals surface area contributed by atoms with Crippen molar-refractivity contribution in [3.63, 3.8) is 0 Å². The van der Waals surface area contributed by atoms with Gasteiger partial charge in [0, 0.05) is 23.8 Å². The van der Waals surface area contributed by atoms with Crippen molar-refractivity contribution < 1.29 is 4.79 Å². The molecule has 6 heteroatoms. The van der Waals surface area contributed by atoms with E-state index in [2.05, 4.69) is 32.5 Å². The number of benzene rings is 2. The van der Waals surface area contributed by atoms with Crippen molar-refractivity contribution in [3.05, 3.63) is 82.5 Å². The molecule has 3 aromatic rings. The number of halogens is 1. The zero-order chi connectivity index (χ0) is 18.6. The molecule has 2 aromatic carbocycles. The number of hydrogen-bond donors (Lipinski definition) is 1. The van der Waals surface area contributed by atoms with Gasteiger partial charge in [-0.15, -0.1) is 10.2 Å². The molecule has 1 aromatic heterocycles. The van der Waals surface area contributed by atoms with Crippen LogP contribution in [0.4, 0.5) is 11.5 Å². The van der Waals surface area contributed by atoms with Gasteiger partial charge < -0.3 is 10.2 Å². The van der Waals surface area contributed by atoms with Crippen molar-refractivity contribution in [2.24, 2.45) is 0 Å². The van der Waals surface area contributed by atoms with E-state index in [1.54, 1.807) is 6.07 Å². The Labute approximate surface area is 163 Å². The molecule has 27 heavy (non-hydrogen) atoms. The normalized spacial score (nSPS) is 12.7. The number of carbonyl (C=O) groups excluding carboxylic acids is 1. The summed E-state index contributed by atoms with van der Waals surface area (Å²) in [5.74, 6) is 0.544. The number of anilines is 2. The van der Waals surface area contributed by atoms with Gasteiger partial charge in [0.2, 0.25) is 0 Å². The number of carbonyl (C=O) groups is 1. The van der Waals surface area contributed by atoms with Gasteiger partial charge in [-0.25, -0.2) is 0 Å². The van der Waals surface area contributed by atoms with Crippen LogP contribution in [0.1, 0.15) is 21.6 Å². The molecule has 0 atom stereocenters. The van der Waals surface area contributed by atoms with Gasteiger partial charge in [0.25, 0.3) is 5.91 Å². The second kappa shape index (κ2) is 7.76. The van der Waals surface area contributed by atoms with Crippen LogP contribution in [0.15, 0.2) is 60.7 Å². The molecule has 0 saturated heterocycles. The third kappa shape index (κ3) is 3.93. The molecule has 0 radical (unpaired) electrons. The minimum Gasteiger partial charge on any atom is -0.350 e.